The third kappa shape index (κ3) is 4.19. The van der Waals surface area contributed by atoms with E-state index in [1.807, 2.05) is 52.7 Å². The Morgan fingerprint density at radius 3 is 2.56 bits per heavy atom. The number of nitrogens with zero attached hydrogens (tertiary/aromatic N) is 2. The van der Waals surface area contributed by atoms with Crippen LogP contribution in [0.3, 0.4) is 0 Å². The highest BCUT2D eigenvalue weighted by Crippen LogP contribution is 2.35. The number of carbonyl (C=O) groups is 1. The number of carbonyl (C=O) groups excluding carboxylic acids is 1. The van der Waals surface area contributed by atoms with Crippen molar-refractivity contribution in [3.63, 3.8) is 0 Å². The lowest BCUT2D eigenvalue weighted by atomic mass is 10.1. The van der Waals surface area contributed by atoms with Crippen molar-refractivity contribution in [2.45, 2.75) is 19.3 Å². The van der Waals surface area contributed by atoms with E-state index in [1.54, 1.807) is 7.11 Å². The number of thiazole rings is 1. The number of amides is 1. The van der Waals surface area contributed by atoms with E-state index in [0.29, 0.717) is 6.54 Å². The third-order valence-corrected chi connectivity index (χ3v) is 5.63. The van der Waals surface area contributed by atoms with Crippen molar-refractivity contribution in [3.05, 3.63) is 65.5 Å². The van der Waals surface area contributed by atoms with Crippen molar-refractivity contribution in [1.29, 1.82) is 0 Å². The molecule has 0 N–H and O–H groups in total. The van der Waals surface area contributed by atoms with Gasteiger partial charge in [0.25, 0.3) is 0 Å². The smallest absolute Gasteiger partial charge is 0.231 e. The van der Waals surface area contributed by atoms with E-state index in [0.717, 1.165) is 41.4 Å². The minimum Gasteiger partial charge on any atom is -0.497 e. The molecule has 0 spiro atoms. The Morgan fingerprint density at radius 1 is 1.15 bits per heavy atom. The summed E-state index contributed by atoms with van der Waals surface area (Å²) >= 11 is 1.53. The molecule has 3 aromatic rings. The molecular formula is C22H22N2O2S. The van der Waals surface area contributed by atoms with Crippen molar-refractivity contribution >= 4 is 22.4 Å². The fourth-order valence-corrected chi connectivity index (χ4v) is 3.88. The number of rotatable bonds is 7. The molecule has 4 rings (SSSR count). The van der Waals surface area contributed by atoms with Gasteiger partial charge in [-0.1, -0.05) is 30.3 Å². The van der Waals surface area contributed by atoms with E-state index < -0.39 is 0 Å². The molecule has 1 heterocycles. The molecule has 1 aromatic heterocycles. The molecule has 27 heavy (non-hydrogen) atoms. The molecule has 0 radical (unpaired) electrons. The monoisotopic (exact) mass is 378 g/mol. The van der Waals surface area contributed by atoms with Crippen LogP contribution in [0, 0.1) is 5.92 Å². The Hall–Kier alpha value is -2.66. The van der Waals surface area contributed by atoms with Crippen LogP contribution in [-0.4, -0.2) is 24.5 Å². The normalized spacial score (nSPS) is 13.4. The molecule has 1 aliphatic rings. The van der Waals surface area contributed by atoms with E-state index in [2.05, 4.69) is 12.1 Å². The summed E-state index contributed by atoms with van der Waals surface area (Å²) in [7, 11) is 1.66. The Kier molecular flexibility index (Phi) is 5.21. The van der Waals surface area contributed by atoms with Crippen LogP contribution in [0.2, 0.25) is 0 Å². The van der Waals surface area contributed by atoms with Crippen LogP contribution in [0.25, 0.3) is 11.3 Å². The fraction of sp³-hybridized carbons (Fsp3) is 0.273. The summed E-state index contributed by atoms with van der Waals surface area (Å²) in [4.78, 5) is 19.5. The predicted octanol–water partition coefficient (Wildman–Crippen LogP) is 4.80. The summed E-state index contributed by atoms with van der Waals surface area (Å²) in [6, 6.07) is 18.1. The summed E-state index contributed by atoms with van der Waals surface area (Å²) in [6.45, 7) is 0.662. The highest BCUT2D eigenvalue weighted by atomic mass is 32.1. The van der Waals surface area contributed by atoms with Gasteiger partial charge >= 0.3 is 0 Å². The maximum Gasteiger partial charge on any atom is 0.231 e. The van der Waals surface area contributed by atoms with Crippen LogP contribution >= 0.6 is 11.3 Å². The van der Waals surface area contributed by atoms with Crippen LogP contribution in [0.5, 0.6) is 5.75 Å². The second kappa shape index (κ2) is 7.92. The van der Waals surface area contributed by atoms with E-state index in [-0.39, 0.29) is 11.8 Å². The highest BCUT2D eigenvalue weighted by molar-refractivity contribution is 7.14. The molecule has 5 heteroatoms. The molecule has 4 nitrogen and oxygen atoms in total. The number of hydrogen-bond donors (Lipinski definition) is 0. The van der Waals surface area contributed by atoms with E-state index in [4.69, 9.17) is 9.72 Å². The summed E-state index contributed by atoms with van der Waals surface area (Å²) in [6.07, 6.45) is 2.82. The first kappa shape index (κ1) is 17.7. The zero-order valence-electron chi connectivity index (χ0n) is 15.3. The summed E-state index contributed by atoms with van der Waals surface area (Å²) < 4.78 is 5.22. The van der Waals surface area contributed by atoms with E-state index >= 15 is 0 Å². The molecule has 138 valence electrons. The standard InChI is InChI=1S/C22H22N2O2S/c1-26-19-11-9-17(10-12-19)20-15-27-22(23-20)24(21(25)18-7-8-18)14-13-16-5-3-2-4-6-16/h2-6,9-12,15,18H,7-8,13-14H2,1H3. The minimum atomic E-state index is 0.175. The molecule has 2 aromatic carbocycles. The second-order valence-corrected chi connectivity index (χ2v) is 7.58. The topological polar surface area (TPSA) is 42.4 Å². The predicted molar refractivity (Wildman–Crippen MR) is 109 cm³/mol. The van der Waals surface area contributed by atoms with Crippen LogP contribution in [-0.2, 0) is 11.2 Å². The van der Waals surface area contributed by atoms with Gasteiger partial charge in [0.1, 0.15) is 5.75 Å². The van der Waals surface area contributed by atoms with Gasteiger partial charge in [-0.3, -0.25) is 9.69 Å². The van der Waals surface area contributed by atoms with Crippen molar-refractivity contribution in [3.8, 4) is 17.0 Å². The summed E-state index contributed by atoms with van der Waals surface area (Å²) in [5.74, 6) is 1.21. The van der Waals surface area contributed by atoms with Crippen molar-refractivity contribution < 1.29 is 9.53 Å². The fourth-order valence-electron chi connectivity index (χ4n) is 3.02. The average molecular weight is 378 g/mol. The van der Waals surface area contributed by atoms with E-state index in [1.165, 1.54) is 16.9 Å². The Balaban J connectivity index is 1.54. The molecular weight excluding hydrogens is 356 g/mol. The lowest BCUT2D eigenvalue weighted by Gasteiger charge is -2.20. The third-order valence-electron chi connectivity index (χ3n) is 4.77. The van der Waals surface area contributed by atoms with Crippen molar-refractivity contribution in [2.75, 3.05) is 18.6 Å². The lowest BCUT2D eigenvalue weighted by molar-refractivity contribution is -0.119. The Morgan fingerprint density at radius 2 is 1.89 bits per heavy atom. The zero-order valence-corrected chi connectivity index (χ0v) is 16.1. The molecule has 1 saturated carbocycles. The van der Waals surface area contributed by atoms with Gasteiger partial charge in [-0.05, 0) is 49.1 Å². The van der Waals surface area contributed by atoms with Crippen LogP contribution < -0.4 is 9.64 Å². The molecule has 0 aliphatic heterocycles. The maximum atomic E-state index is 12.8. The van der Waals surface area contributed by atoms with E-state index in [9.17, 15) is 4.79 Å². The van der Waals surface area contributed by atoms with Gasteiger partial charge in [0, 0.05) is 23.4 Å². The Bertz CT molecular complexity index is 902. The molecule has 0 bridgehead atoms. The Labute approximate surface area is 163 Å². The average Bonchev–Trinajstić information content (AvgIpc) is 3.47. The van der Waals surface area contributed by atoms with Gasteiger partial charge < -0.3 is 4.74 Å². The molecule has 1 aliphatic carbocycles. The second-order valence-electron chi connectivity index (χ2n) is 6.74. The molecule has 0 unspecified atom stereocenters. The number of methoxy groups -OCH3 is 1. The van der Waals surface area contributed by atoms with Crippen LogP contribution in [0.4, 0.5) is 5.13 Å². The van der Waals surface area contributed by atoms with Crippen LogP contribution in [0.1, 0.15) is 18.4 Å². The first-order valence-electron chi connectivity index (χ1n) is 9.20. The number of anilines is 1. The SMILES string of the molecule is COc1ccc(-c2csc(N(CCc3ccccc3)C(=O)C3CC3)n2)cc1. The van der Waals surface area contributed by atoms with Crippen LogP contribution in [0.15, 0.2) is 60.0 Å². The van der Waals surface area contributed by atoms with Gasteiger partial charge in [0.15, 0.2) is 5.13 Å². The molecule has 1 fully saturated rings. The first-order valence-corrected chi connectivity index (χ1v) is 10.1. The minimum absolute atomic E-state index is 0.175. The lowest BCUT2D eigenvalue weighted by Crippen LogP contribution is -2.34. The van der Waals surface area contributed by atoms with Gasteiger partial charge in [-0.15, -0.1) is 11.3 Å². The van der Waals surface area contributed by atoms with Gasteiger partial charge in [0.2, 0.25) is 5.91 Å². The molecule has 1 amide bonds. The molecule has 0 saturated heterocycles. The van der Waals surface area contributed by atoms with Gasteiger partial charge in [0.05, 0.1) is 12.8 Å². The van der Waals surface area contributed by atoms with Crippen molar-refractivity contribution in [2.24, 2.45) is 5.92 Å². The largest absolute Gasteiger partial charge is 0.497 e. The maximum absolute atomic E-state index is 12.8. The van der Waals surface area contributed by atoms with Crippen molar-refractivity contribution in [1.82, 2.24) is 4.98 Å². The number of ether oxygens (including phenoxy) is 1. The quantitative estimate of drug-likeness (QED) is 0.593. The summed E-state index contributed by atoms with van der Waals surface area (Å²) in [5, 5.41) is 2.81. The number of benzene rings is 2. The number of hydrogen-bond acceptors (Lipinski definition) is 4. The summed E-state index contributed by atoms with van der Waals surface area (Å²) in [5.41, 5.74) is 3.16. The highest BCUT2D eigenvalue weighted by Gasteiger charge is 2.35. The zero-order chi connectivity index (χ0) is 18.6. The first-order chi connectivity index (χ1) is 13.2. The van der Waals surface area contributed by atoms with Gasteiger partial charge in [-0.25, -0.2) is 4.98 Å². The number of aromatic nitrogens is 1. The molecule has 0 atom stereocenters. The van der Waals surface area contributed by atoms with Gasteiger partial charge in [-0.2, -0.15) is 0 Å².